The molecule has 2 N–H and O–H groups in total. The highest BCUT2D eigenvalue weighted by Gasteiger charge is 2.29. The van der Waals surface area contributed by atoms with Crippen LogP contribution in [-0.4, -0.2) is 58.0 Å². The van der Waals surface area contributed by atoms with Crippen molar-refractivity contribution < 1.29 is 27.4 Å². The summed E-state index contributed by atoms with van der Waals surface area (Å²) >= 11 is 1.54. The van der Waals surface area contributed by atoms with Gasteiger partial charge in [0, 0.05) is 36.9 Å². The Balaban J connectivity index is 1.43. The largest absolute Gasteiger partial charge is 0.441 e. The first-order valence-electron chi connectivity index (χ1n) is 13.0. The molecule has 1 saturated heterocycles. The Labute approximate surface area is 223 Å². The predicted octanol–water partition coefficient (Wildman–Crippen LogP) is 4.43. The molecule has 4 rings (SSSR count). The highest BCUT2D eigenvalue weighted by molar-refractivity contribution is 7.89. The SMILES string of the molecule is CCNS(=O)(=O)c1cc(COCC(C)C)ccc1-c1cnc(C2CCC(NC(=O)OC3COC3)CC2)s1. The Kier molecular flexibility index (Phi) is 9.57. The van der Waals surface area contributed by atoms with Gasteiger partial charge in [-0.2, -0.15) is 0 Å². The normalized spacial score (nSPS) is 20.5. The molecule has 9 nitrogen and oxygen atoms in total. The minimum absolute atomic E-state index is 0.0894. The van der Waals surface area contributed by atoms with E-state index in [1.165, 1.54) is 0 Å². The van der Waals surface area contributed by atoms with Gasteiger partial charge in [-0.1, -0.05) is 32.9 Å². The average molecular weight is 552 g/mol. The van der Waals surface area contributed by atoms with Gasteiger partial charge >= 0.3 is 6.09 Å². The number of amides is 1. The molecule has 1 aromatic heterocycles. The van der Waals surface area contributed by atoms with Crippen LogP contribution < -0.4 is 10.0 Å². The first kappa shape index (κ1) is 28.0. The molecule has 1 amide bonds. The molecule has 2 aromatic rings. The summed E-state index contributed by atoms with van der Waals surface area (Å²) in [6, 6.07) is 5.58. The third-order valence-corrected chi connectivity index (χ3v) is 9.24. The van der Waals surface area contributed by atoms with Gasteiger partial charge in [0.15, 0.2) is 6.10 Å². The predicted molar refractivity (Wildman–Crippen MR) is 142 cm³/mol. The molecule has 2 heterocycles. The number of carbonyl (C=O) groups is 1. The number of rotatable bonds is 11. The molecule has 2 fully saturated rings. The minimum Gasteiger partial charge on any atom is -0.441 e. The molecule has 0 atom stereocenters. The number of nitrogens with one attached hydrogen (secondary N) is 2. The molecule has 2 aliphatic rings. The topological polar surface area (TPSA) is 116 Å². The maximum atomic E-state index is 13.1. The van der Waals surface area contributed by atoms with Crippen LogP contribution in [0.25, 0.3) is 10.4 Å². The second-order valence-corrected chi connectivity index (χ2v) is 12.9. The van der Waals surface area contributed by atoms with Crippen molar-refractivity contribution in [3.8, 4) is 10.4 Å². The van der Waals surface area contributed by atoms with Gasteiger partial charge in [-0.3, -0.25) is 0 Å². The van der Waals surface area contributed by atoms with Gasteiger partial charge in [-0.05, 0) is 43.2 Å². The van der Waals surface area contributed by atoms with Gasteiger partial charge in [0.1, 0.15) is 0 Å². The fraction of sp³-hybridized carbons (Fsp3) is 0.615. The lowest BCUT2D eigenvalue weighted by molar-refractivity contribution is -0.0985. The number of sulfonamides is 1. The van der Waals surface area contributed by atoms with Crippen LogP contribution >= 0.6 is 11.3 Å². The van der Waals surface area contributed by atoms with Crippen LogP contribution in [0.4, 0.5) is 4.79 Å². The molecule has 1 aliphatic carbocycles. The zero-order valence-electron chi connectivity index (χ0n) is 21.7. The van der Waals surface area contributed by atoms with Gasteiger partial charge in [-0.25, -0.2) is 22.9 Å². The maximum absolute atomic E-state index is 13.1. The van der Waals surface area contributed by atoms with E-state index in [9.17, 15) is 13.2 Å². The number of carbonyl (C=O) groups excluding carboxylic acids is 1. The van der Waals surface area contributed by atoms with Crippen LogP contribution in [0, 0.1) is 5.92 Å². The summed E-state index contributed by atoms with van der Waals surface area (Å²) in [6.07, 6.45) is 4.77. The fourth-order valence-corrected chi connectivity index (χ4v) is 6.98. The molecule has 0 radical (unpaired) electrons. The van der Waals surface area contributed by atoms with E-state index in [-0.39, 0.29) is 29.1 Å². The third kappa shape index (κ3) is 7.51. The smallest absolute Gasteiger partial charge is 0.407 e. The Bertz CT molecular complexity index is 1150. The average Bonchev–Trinajstić information content (AvgIpc) is 3.32. The quantitative estimate of drug-likeness (QED) is 0.424. The molecule has 11 heteroatoms. The van der Waals surface area contributed by atoms with Crippen molar-refractivity contribution in [1.82, 2.24) is 15.0 Å². The van der Waals surface area contributed by atoms with Crippen molar-refractivity contribution in [2.24, 2.45) is 5.92 Å². The molecule has 1 aromatic carbocycles. The van der Waals surface area contributed by atoms with Crippen LogP contribution in [0.5, 0.6) is 0 Å². The Morgan fingerprint density at radius 3 is 2.62 bits per heavy atom. The number of hydrogen-bond donors (Lipinski definition) is 2. The number of aromatic nitrogens is 1. The molecule has 0 bridgehead atoms. The second-order valence-electron chi connectivity index (χ2n) is 10.1. The molecule has 204 valence electrons. The number of hydrogen-bond acceptors (Lipinski definition) is 8. The van der Waals surface area contributed by atoms with Gasteiger partial charge in [0.2, 0.25) is 10.0 Å². The van der Waals surface area contributed by atoms with Crippen LogP contribution in [0.1, 0.15) is 62.9 Å². The van der Waals surface area contributed by atoms with Gasteiger partial charge in [0.25, 0.3) is 0 Å². The standard InChI is InChI=1S/C26H37N3O6S2/c1-4-28-37(31,32)24-11-18(14-33-13-17(2)3)5-10-22(24)23-12-27-25(36-23)19-6-8-20(9-7-19)29-26(30)35-21-15-34-16-21/h5,10-12,17,19-21,28H,4,6-9,13-16H2,1-3H3,(H,29,30). The van der Waals surface area contributed by atoms with Gasteiger partial charge in [-0.15, -0.1) is 11.3 Å². The van der Waals surface area contributed by atoms with Crippen molar-refractivity contribution in [3.05, 3.63) is 35.0 Å². The second kappa shape index (κ2) is 12.7. The van der Waals surface area contributed by atoms with Crippen molar-refractivity contribution in [3.63, 3.8) is 0 Å². The van der Waals surface area contributed by atoms with E-state index in [4.69, 9.17) is 14.2 Å². The molecule has 1 aliphatic heterocycles. The van der Waals surface area contributed by atoms with Crippen LogP contribution in [0.2, 0.25) is 0 Å². The zero-order chi connectivity index (χ0) is 26.4. The minimum atomic E-state index is -3.68. The van der Waals surface area contributed by atoms with Gasteiger partial charge < -0.3 is 19.5 Å². The molecular weight excluding hydrogens is 514 g/mol. The van der Waals surface area contributed by atoms with E-state index in [2.05, 4.69) is 28.9 Å². The first-order valence-corrected chi connectivity index (χ1v) is 15.3. The monoisotopic (exact) mass is 551 g/mol. The summed E-state index contributed by atoms with van der Waals surface area (Å²) in [6.45, 7) is 8.15. The van der Waals surface area contributed by atoms with Gasteiger partial charge in [0.05, 0.1) is 34.6 Å². The Morgan fingerprint density at radius 2 is 1.97 bits per heavy atom. The van der Waals surface area contributed by atoms with E-state index in [1.54, 1.807) is 30.5 Å². The number of benzene rings is 1. The summed E-state index contributed by atoms with van der Waals surface area (Å²) in [5.74, 6) is 0.687. The van der Waals surface area contributed by atoms with E-state index >= 15 is 0 Å². The molecule has 0 unspecified atom stereocenters. The summed E-state index contributed by atoms with van der Waals surface area (Å²) in [7, 11) is -3.68. The molecule has 37 heavy (non-hydrogen) atoms. The Morgan fingerprint density at radius 1 is 1.22 bits per heavy atom. The number of alkyl carbamates (subject to hydrolysis) is 1. The summed E-state index contributed by atoms with van der Waals surface area (Å²) in [5, 5.41) is 3.96. The molecular formula is C26H37N3O6S2. The van der Waals surface area contributed by atoms with E-state index in [0.717, 1.165) is 41.1 Å². The lowest BCUT2D eigenvalue weighted by atomic mass is 9.86. The third-order valence-electron chi connectivity index (χ3n) is 6.46. The number of nitrogens with zero attached hydrogens (tertiary/aromatic N) is 1. The van der Waals surface area contributed by atoms with Crippen molar-refractivity contribution in [2.75, 3.05) is 26.4 Å². The van der Waals surface area contributed by atoms with Crippen molar-refractivity contribution >= 4 is 27.5 Å². The van der Waals surface area contributed by atoms with E-state index < -0.39 is 10.0 Å². The molecule has 0 spiro atoms. The number of thiazole rings is 1. The van der Waals surface area contributed by atoms with E-state index in [0.29, 0.717) is 44.5 Å². The summed E-state index contributed by atoms with van der Waals surface area (Å²) in [4.78, 5) is 17.8. The highest BCUT2D eigenvalue weighted by Crippen LogP contribution is 2.39. The maximum Gasteiger partial charge on any atom is 0.407 e. The first-order chi connectivity index (χ1) is 17.7. The lowest BCUT2D eigenvalue weighted by Crippen LogP contribution is -2.44. The highest BCUT2D eigenvalue weighted by atomic mass is 32.2. The van der Waals surface area contributed by atoms with E-state index in [1.807, 2.05) is 12.1 Å². The van der Waals surface area contributed by atoms with Crippen LogP contribution in [0.3, 0.4) is 0 Å². The summed E-state index contributed by atoms with van der Waals surface area (Å²) in [5.41, 5.74) is 1.47. The molecule has 1 saturated carbocycles. The fourth-order valence-electron chi connectivity index (χ4n) is 4.48. The lowest BCUT2D eigenvalue weighted by Gasteiger charge is -2.30. The van der Waals surface area contributed by atoms with Crippen LogP contribution in [-0.2, 0) is 30.8 Å². The number of ether oxygens (including phenoxy) is 3. The van der Waals surface area contributed by atoms with Crippen LogP contribution in [0.15, 0.2) is 29.3 Å². The van der Waals surface area contributed by atoms with Crippen molar-refractivity contribution in [1.29, 1.82) is 0 Å². The van der Waals surface area contributed by atoms with Crippen molar-refractivity contribution in [2.45, 2.75) is 76.0 Å². The zero-order valence-corrected chi connectivity index (χ0v) is 23.3. The summed E-state index contributed by atoms with van der Waals surface area (Å²) < 4.78 is 44.8. The Hall–Kier alpha value is -2.05.